The van der Waals surface area contributed by atoms with Crippen LogP contribution in [0.4, 0.5) is 4.79 Å². The molecule has 0 atom stereocenters. The molecule has 0 aliphatic rings. The molecule has 3 N–H and O–H groups in total. The maximum Gasteiger partial charge on any atom is 0.408 e. The third-order valence-electron chi connectivity index (χ3n) is 3.54. The van der Waals surface area contributed by atoms with Gasteiger partial charge in [0, 0.05) is 32.5 Å². The normalized spacial score (nSPS) is 12.4. The van der Waals surface area contributed by atoms with Crippen molar-refractivity contribution < 1.29 is 9.53 Å². The summed E-state index contributed by atoms with van der Waals surface area (Å²) in [4.78, 5) is 20.6. The Morgan fingerprint density at radius 3 is 2.43 bits per heavy atom. The Hall–Kier alpha value is -1.52. The second-order valence-corrected chi connectivity index (χ2v) is 8.68. The number of nitrogens with one attached hydrogen (secondary N) is 3. The lowest BCUT2D eigenvalue weighted by atomic mass is 10.1. The molecule has 0 fully saturated rings. The molecule has 0 bridgehead atoms. The third kappa shape index (κ3) is 10.7. The van der Waals surface area contributed by atoms with Crippen molar-refractivity contribution in [3.8, 4) is 0 Å². The summed E-state index contributed by atoms with van der Waals surface area (Å²) in [6.07, 6.45) is 3.36. The molecular formula is C19H37IN6O2. The van der Waals surface area contributed by atoms with E-state index in [-0.39, 0.29) is 24.0 Å². The fourth-order valence-corrected chi connectivity index (χ4v) is 2.38. The summed E-state index contributed by atoms with van der Waals surface area (Å²) in [5, 5.41) is 9.36. The van der Waals surface area contributed by atoms with E-state index in [2.05, 4.69) is 44.3 Å². The molecule has 0 aliphatic heterocycles. The molecule has 0 saturated heterocycles. The predicted octanol–water partition coefficient (Wildman–Crippen LogP) is 3.13. The van der Waals surface area contributed by atoms with Gasteiger partial charge in [0.25, 0.3) is 0 Å². The summed E-state index contributed by atoms with van der Waals surface area (Å²) < 4.78 is 7.45. The van der Waals surface area contributed by atoms with Crippen molar-refractivity contribution in [2.24, 2.45) is 10.9 Å². The van der Waals surface area contributed by atoms with Crippen molar-refractivity contribution in [2.75, 3.05) is 13.6 Å². The van der Waals surface area contributed by atoms with E-state index < -0.39 is 17.2 Å². The Kier molecular flexibility index (Phi) is 10.9. The number of guanidine groups is 1. The van der Waals surface area contributed by atoms with Crippen LogP contribution in [0.15, 0.2) is 17.4 Å². The fourth-order valence-electron chi connectivity index (χ4n) is 2.38. The molecule has 0 aromatic carbocycles. The highest BCUT2D eigenvalue weighted by atomic mass is 127. The fraction of sp³-hybridized carbons (Fsp3) is 0.737. The maximum absolute atomic E-state index is 12.0. The van der Waals surface area contributed by atoms with Gasteiger partial charge < -0.3 is 25.3 Å². The van der Waals surface area contributed by atoms with Crippen molar-refractivity contribution in [1.82, 2.24) is 25.5 Å². The van der Waals surface area contributed by atoms with Crippen LogP contribution in [0.3, 0.4) is 0 Å². The highest BCUT2D eigenvalue weighted by molar-refractivity contribution is 14.0. The van der Waals surface area contributed by atoms with Crippen molar-refractivity contribution in [3.05, 3.63) is 18.2 Å². The van der Waals surface area contributed by atoms with Crippen LogP contribution in [0.2, 0.25) is 0 Å². The number of alkyl carbamates (subject to hydrolysis) is 1. The van der Waals surface area contributed by atoms with E-state index in [9.17, 15) is 4.79 Å². The van der Waals surface area contributed by atoms with Gasteiger partial charge in [0.1, 0.15) is 11.4 Å². The zero-order valence-corrected chi connectivity index (χ0v) is 20.8. The second-order valence-electron chi connectivity index (χ2n) is 8.68. The number of aliphatic imine (C=N–C) groups is 1. The van der Waals surface area contributed by atoms with E-state index in [1.807, 2.05) is 47.0 Å². The minimum absolute atomic E-state index is 0. The van der Waals surface area contributed by atoms with Gasteiger partial charge in [-0.2, -0.15) is 0 Å². The van der Waals surface area contributed by atoms with Crippen LogP contribution in [-0.4, -0.2) is 46.3 Å². The number of carbonyl (C=O) groups excluding carboxylic acids is 1. The first-order valence-corrected chi connectivity index (χ1v) is 9.37. The van der Waals surface area contributed by atoms with Crippen LogP contribution in [0.25, 0.3) is 0 Å². The molecule has 162 valence electrons. The van der Waals surface area contributed by atoms with Crippen LogP contribution < -0.4 is 16.0 Å². The average molecular weight is 508 g/mol. The molecule has 1 heterocycles. The number of hydrogen-bond acceptors (Lipinski definition) is 4. The standard InChI is InChI=1S/C19H36N6O2.HI/c1-14(2)12-25-10-9-21-15(25)11-22-16(20-8)23-13-19(6,7)24-17(26)27-18(3,4)5;/h9-10,14H,11-13H2,1-8H3,(H,24,26)(H2,20,22,23);1H. The molecule has 9 heteroatoms. The third-order valence-corrected chi connectivity index (χ3v) is 3.54. The van der Waals surface area contributed by atoms with E-state index in [1.165, 1.54) is 0 Å². The van der Waals surface area contributed by atoms with Crippen LogP contribution in [0, 0.1) is 5.92 Å². The predicted molar refractivity (Wildman–Crippen MR) is 124 cm³/mol. The Morgan fingerprint density at radius 2 is 1.89 bits per heavy atom. The van der Waals surface area contributed by atoms with Crippen LogP contribution >= 0.6 is 24.0 Å². The van der Waals surface area contributed by atoms with E-state index >= 15 is 0 Å². The number of imidazole rings is 1. The quantitative estimate of drug-likeness (QED) is 0.299. The Labute approximate surface area is 186 Å². The van der Waals surface area contributed by atoms with Gasteiger partial charge in [0.2, 0.25) is 0 Å². The Morgan fingerprint density at radius 1 is 1.25 bits per heavy atom. The van der Waals surface area contributed by atoms with Crippen LogP contribution in [0.1, 0.15) is 54.3 Å². The van der Waals surface area contributed by atoms with Crippen molar-refractivity contribution in [3.63, 3.8) is 0 Å². The minimum atomic E-state index is -0.525. The second kappa shape index (κ2) is 11.5. The number of hydrogen-bond donors (Lipinski definition) is 3. The van der Waals surface area contributed by atoms with Crippen molar-refractivity contribution >= 4 is 36.0 Å². The molecule has 0 aliphatic carbocycles. The Balaban J connectivity index is 0.00000729. The van der Waals surface area contributed by atoms with Crippen LogP contribution in [-0.2, 0) is 17.8 Å². The van der Waals surface area contributed by atoms with E-state index in [0.717, 1.165) is 12.4 Å². The molecule has 0 spiro atoms. The summed E-state index contributed by atoms with van der Waals surface area (Å²) in [6, 6.07) is 0. The molecule has 0 unspecified atom stereocenters. The first kappa shape index (κ1) is 26.5. The van der Waals surface area contributed by atoms with Crippen molar-refractivity contribution in [2.45, 2.75) is 72.7 Å². The first-order chi connectivity index (χ1) is 12.4. The van der Waals surface area contributed by atoms with Gasteiger partial charge in [-0.1, -0.05) is 13.8 Å². The van der Waals surface area contributed by atoms with Crippen LogP contribution in [0.5, 0.6) is 0 Å². The van der Waals surface area contributed by atoms with Gasteiger partial charge in [0.15, 0.2) is 5.96 Å². The molecule has 0 saturated carbocycles. The summed E-state index contributed by atoms with van der Waals surface area (Å²) >= 11 is 0. The number of rotatable bonds is 7. The number of ether oxygens (including phenoxy) is 1. The largest absolute Gasteiger partial charge is 0.444 e. The molecule has 1 aromatic rings. The molecule has 28 heavy (non-hydrogen) atoms. The van der Waals surface area contributed by atoms with Gasteiger partial charge >= 0.3 is 6.09 Å². The van der Waals surface area contributed by atoms with Gasteiger partial charge in [-0.05, 0) is 40.5 Å². The maximum atomic E-state index is 12.0. The smallest absolute Gasteiger partial charge is 0.408 e. The average Bonchev–Trinajstić information content (AvgIpc) is 2.91. The zero-order chi connectivity index (χ0) is 20.7. The number of nitrogens with zero attached hydrogens (tertiary/aromatic N) is 3. The number of amides is 1. The molecule has 8 nitrogen and oxygen atoms in total. The lowest BCUT2D eigenvalue weighted by molar-refractivity contribution is 0.0474. The molecular weight excluding hydrogens is 471 g/mol. The Bertz CT molecular complexity index is 635. The van der Waals surface area contributed by atoms with Crippen molar-refractivity contribution in [1.29, 1.82) is 0 Å². The highest BCUT2D eigenvalue weighted by Crippen LogP contribution is 2.09. The van der Waals surface area contributed by atoms with Gasteiger partial charge in [0.05, 0.1) is 12.1 Å². The van der Waals surface area contributed by atoms with E-state index in [1.54, 1.807) is 7.05 Å². The van der Waals surface area contributed by atoms with E-state index in [4.69, 9.17) is 4.74 Å². The molecule has 1 aromatic heterocycles. The zero-order valence-electron chi connectivity index (χ0n) is 18.4. The molecule has 1 rings (SSSR count). The topological polar surface area (TPSA) is 92.6 Å². The number of carbonyl (C=O) groups is 1. The summed E-state index contributed by atoms with van der Waals surface area (Å²) in [7, 11) is 1.71. The highest BCUT2D eigenvalue weighted by Gasteiger charge is 2.24. The van der Waals surface area contributed by atoms with Gasteiger partial charge in [-0.25, -0.2) is 9.78 Å². The lowest BCUT2D eigenvalue weighted by Crippen LogP contribution is -2.54. The monoisotopic (exact) mass is 508 g/mol. The SMILES string of the molecule is CN=C(NCc1nccn1CC(C)C)NCC(C)(C)NC(=O)OC(C)(C)C.I. The summed E-state index contributed by atoms with van der Waals surface area (Å²) in [5.74, 6) is 2.15. The van der Waals surface area contributed by atoms with Gasteiger partial charge in [-0.3, -0.25) is 4.99 Å². The first-order valence-electron chi connectivity index (χ1n) is 9.37. The lowest BCUT2D eigenvalue weighted by Gasteiger charge is -2.29. The summed E-state index contributed by atoms with van der Waals surface area (Å²) in [5.41, 5.74) is -1.03. The summed E-state index contributed by atoms with van der Waals surface area (Å²) in [6.45, 7) is 15.7. The number of aromatic nitrogens is 2. The molecule has 0 radical (unpaired) electrons. The van der Waals surface area contributed by atoms with E-state index in [0.29, 0.717) is 25.0 Å². The molecule has 1 amide bonds. The minimum Gasteiger partial charge on any atom is -0.444 e. The number of halogens is 1. The van der Waals surface area contributed by atoms with Gasteiger partial charge in [-0.15, -0.1) is 24.0 Å².